The van der Waals surface area contributed by atoms with Gasteiger partial charge in [-0.3, -0.25) is 4.98 Å². The van der Waals surface area contributed by atoms with E-state index < -0.39 is 0 Å². The summed E-state index contributed by atoms with van der Waals surface area (Å²) in [4.78, 5) is 4.20. The molecule has 1 aromatic carbocycles. The van der Waals surface area contributed by atoms with Crippen molar-refractivity contribution in [2.24, 2.45) is 0 Å². The zero-order valence-corrected chi connectivity index (χ0v) is 12.4. The predicted octanol–water partition coefficient (Wildman–Crippen LogP) is 3.91. The van der Waals surface area contributed by atoms with Crippen LogP contribution in [0.3, 0.4) is 0 Å². The first-order valence-electron chi connectivity index (χ1n) is 7.25. The zero-order valence-electron chi connectivity index (χ0n) is 12.4. The van der Waals surface area contributed by atoms with Crippen LogP contribution >= 0.6 is 0 Å². The van der Waals surface area contributed by atoms with E-state index in [0.29, 0.717) is 0 Å². The summed E-state index contributed by atoms with van der Waals surface area (Å²) in [6, 6.07) is 14.1. The third-order valence-corrected chi connectivity index (χ3v) is 3.71. The molecule has 112 valence electrons. The van der Waals surface area contributed by atoms with Crippen LogP contribution in [0.4, 0.5) is 4.39 Å². The van der Waals surface area contributed by atoms with Gasteiger partial charge in [-0.2, -0.15) is 9.73 Å². The number of hydrogen-bond acceptors (Lipinski definition) is 3. The highest BCUT2D eigenvalue weighted by atomic mass is 19.1. The summed E-state index contributed by atoms with van der Waals surface area (Å²) >= 11 is 0. The molecule has 5 heteroatoms. The third kappa shape index (κ3) is 2.36. The lowest BCUT2D eigenvalue weighted by molar-refractivity contribution is 0.628. The number of halogens is 1. The van der Waals surface area contributed by atoms with E-state index in [1.807, 2.05) is 31.2 Å². The van der Waals surface area contributed by atoms with E-state index in [2.05, 4.69) is 15.2 Å². The highest BCUT2D eigenvalue weighted by molar-refractivity contribution is 5.91. The van der Waals surface area contributed by atoms with E-state index in [0.717, 1.165) is 33.6 Å². The van der Waals surface area contributed by atoms with Gasteiger partial charge in [0.2, 0.25) is 0 Å². The standard InChI is InChI=1S/C18H13FN4/c1-12-4-9-16-17(14-3-2-10-20-11-14)18(22-23(16)21-12)13-5-7-15(19)8-6-13/h2-11H,1H3. The first kappa shape index (κ1) is 13.6. The van der Waals surface area contributed by atoms with Gasteiger partial charge in [-0.05, 0) is 49.4 Å². The molecule has 0 radical (unpaired) electrons. The number of rotatable bonds is 2. The van der Waals surface area contributed by atoms with Gasteiger partial charge >= 0.3 is 0 Å². The number of hydrogen-bond donors (Lipinski definition) is 0. The van der Waals surface area contributed by atoms with Crippen LogP contribution in [0.25, 0.3) is 27.9 Å². The fraction of sp³-hybridized carbons (Fsp3) is 0.0556. The van der Waals surface area contributed by atoms with Gasteiger partial charge in [-0.1, -0.05) is 6.07 Å². The predicted molar refractivity (Wildman–Crippen MR) is 86.3 cm³/mol. The first-order valence-corrected chi connectivity index (χ1v) is 7.25. The first-order chi connectivity index (χ1) is 11.2. The number of nitrogens with zero attached hydrogens (tertiary/aromatic N) is 4. The average Bonchev–Trinajstić information content (AvgIpc) is 2.94. The number of benzene rings is 1. The van der Waals surface area contributed by atoms with Gasteiger partial charge in [0.05, 0.1) is 11.2 Å². The highest BCUT2D eigenvalue weighted by Gasteiger charge is 2.17. The van der Waals surface area contributed by atoms with Crippen molar-refractivity contribution in [3.63, 3.8) is 0 Å². The van der Waals surface area contributed by atoms with Gasteiger partial charge in [0.1, 0.15) is 11.5 Å². The molecule has 3 heterocycles. The molecule has 0 N–H and O–H groups in total. The number of aryl methyl sites for hydroxylation is 1. The molecule has 4 aromatic rings. The molecule has 4 nitrogen and oxygen atoms in total. The third-order valence-electron chi connectivity index (χ3n) is 3.71. The zero-order chi connectivity index (χ0) is 15.8. The van der Waals surface area contributed by atoms with E-state index >= 15 is 0 Å². The lowest BCUT2D eigenvalue weighted by Crippen LogP contribution is -1.95. The van der Waals surface area contributed by atoms with Crippen LogP contribution < -0.4 is 0 Å². The van der Waals surface area contributed by atoms with Gasteiger partial charge < -0.3 is 0 Å². The molecule has 0 saturated carbocycles. The van der Waals surface area contributed by atoms with Crippen LogP contribution in [0.15, 0.2) is 60.9 Å². The molecule has 0 fully saturated rings. The summed E-state index contributed by atoms with van der Waals surface area (Å²) in [5, 5.41) is 9.04. The van der Waals surface area contributed by atoms with Crippen molar-refractivity contribution in [3.8, 4) is 22.4 Å². The molecule has 0 saturated heterocycles. The molecule has 4 rings (SSSR count). The van der Waals surface area contributed by atoms with Crippen LogP contribution in [0.5, 0.6) is 0 Å². The second-order valence-corrected chi connectivity index (χ2v) is 5.32. The largest absolute Gasteiger partial charge is 0.264 e. The van der Waals surface area contributed by atoms with Crippen molar-refractivity contribution in [1.29, 1.82) is 0 Å². The lowest BCUT2D eigenvalue weighted by atomic mass is 10.0. The Labute approximate surface area is 132 Å². The summed E-state index contributed by atoms with van der Waals surface area (Å²) in [7, 11) is 0. The minimum Gasteiger partial charge on any atom is -0.264 e. The Hall–Kier alpha value is -3.08. The van der Waals surface area contributed by atoms with E-state index in [9.17, 15) is 4.39 Å². The van der Waals surface area contributed by atoms with Gasteiger partial charge in [0.25, 0.3) is 0 Å². The van der Waals surface area contributed by atoms with Gasteiger partial charge in [-0.25, -0.2) is 4.39 Å². The fourth-order valence-electron chi connectivity index (χ4n) is 2.63. The van der Waals surface area contributed by atoms with E-state index in [1.165, 1.54) is 12.1 Å². The fourth-order valence-corrected chi connectivity index (χ4v) is 2.63. The molecular weight excluding hydrogens is 291 g/mol. The molecular formula is C18H13FN4. The summed E-state index contributed by atoms with van der Waals surface area (Å²) in [6.07, 6.45) is 3.53. The van der Waals surface area contributed by atoms with Crippen molar-refractivity contribution in [3.05, 3.63) is 72.4 Å². The minimum absolute atomic E-state index is 0.269. The quantitative estimate of drug-likeness (QED) is 0.564. The van der Waals surface area contributed by atoms with Crippen molar-refractivity contribution < 1.29 is 4.39 Å². The molecule has 0 aliphatic heterocycles. The Morgan fingerprint density at radius 1 is 0.913 bits per heavy atom. The topological polar surface area (TPSA) is 43.1 Å². The number of pyridine rings is 1. The van der Waals surface area contributed by atoms with Gasteiger partial charge in [0, 0.05) is 29.1 Å². The van der Waals surface area contributed by atoms with Crippen molar-refractivity contribution >= 4 is 5.52 Å². The Balaban J connectivity index is 2.04. The van der Waals surface area contributed by atoms with Crippen molar-refractivity contribution in [2.45, 2.75) is 6.92 Å². The monoisotopic (exact) mass is 304 g/mol. The maximum atomic E-state index is 13.2. The highest BCUT2D eigenvalue weighted by Crippen LogP contribution is 2.34. The smallest absolute Gasteiger partial charge is 0.123 e. The minimum atomic E-state index is -0.269. The van der Waals surface area contributed by atoms with Crippen LogP contribution in [-0.4, -0.2) is 19.8 Å². The Morgan fingerprint density at radius 2 is 1.74 bits per heavy atom. The normalized spacial score (nSPS) is 11.0. The molecule has 0 aliphatic rings. The molecule has 0 bridgehead atoms. The Morgan fingerprint density at radius 3 is 2.48 bits per heavy atom. The molecule has 3 aromatic heterocycles. The Bertz CT molecular complexity index is 975. The molecule has 0 unspecified atom stereocenters. The Kier molecular flexibility index (Phi) is 3.12. The van der Waals surface area contributed by atoms with Crippen molar-refractivity contribution in [1.82, 2.24) is 19.8 Å². The summed E-state index contributed by atoms with van der Waals surface area (Å²) in [5.74, 6) is -0.269. The SMILES string of the molecule is Cc1ccc2c(-c3cccnc3)c(-c3ccc(F)cc3)nn2n1. The lowest BCUT2D eigenvalue weighted by Gasteiger charge is -2.03. The molecule has 0 atom stereocenters. The van der Waals surface area contributed by atoms with Crippen LogP contribution in [0.2, 0.25) is 0 Å². The van der Waals surface area contributed by atoms with Crippen LogP contribution in [0.1, 0.15) is 5.69 Å². The average molecular weight is 304 g/mol. The maximum Gasteiger partial charge on any atom is 0.123 e. The second-order valence-electron chi connectivity index (χ2n) is 5.32. The van der Waals surface area contributed by atoms with Crippen LogP contribution in [-0.2, 0) is 0 Å². The molecule has 0 amide bonds. The second kappa shape index (κ2) is 5.28. The number of fused-ring (bicyclic) bond motifs is 1. The van der Waals surface area contributed by atoms with Crippen molar-refractivity contribution in [2.75, 3.05) is 0 Å². The maximum absolute atomic E-state index is 13.2. The summed E-state index contributed by atoms with van der Waals surface area (Å²) in [5.41, 5.74) is 5.26. The van der Waals surface area contributed by atoms with Crippen LogP contribution in [0, 0.1) is 12.7 Å². The molecule has 23 heavy (non-hydrogen) atoms. The van der Waals surface area contributed by atoms with E-state index in [1.54, 1.807) is 29.2 Å². The van der Waals surface area contributed by atoms with Gasteiger partial charge in [0.15, 0.2) is 0 Å². The molecule has 0 aliphatic carbocycles. The molecule has 0 spiro atoms. The van der Waals surface area contributed by atoms with Gasteiger partial charge in [-0.15, -0.1) is 5.10 Å². The van der Waals surface area contributed by atoms with E-state index in [-0.39, 0.29) is 5.82 Å². The van der Waals surface area contributed by atoms with E-state index in [4.69, 9.17) is 0 Å². The summed E-state index contributed by atoms with van der Waals surface area (Å²) in [6.45, 7) is 1.92. The number of aromatic nitrogens is 4. The summed E-state index contributed by atoms with van der Waals surface area (Å²) < 4.78 is 14.9.